The van der Waals surface area contributed by atoms with E-state index in [2.05, 4.69) is 5.32 Å². The number of carbonyl (C=O) groups excluding carboxylic acids is 1. The maximum absolute atomic E-state index is 12.8. The van der Waals surface area contributed by atoms with Gasteiger partial charge in [0.1, 0.15) is 5.75 Å². The van der Waals surface area contributed by atoms with Gasteiger partial charge in [-0.05, 0) is 25.6 Å². The van der Waals surface area contributed by atoms with E-state index in [1.54, 1.807) is 14.0 Å². The molecule has 0 unspecified atom stereocenters. The number of hydrogen-bond donors (Lipinski definition) is 1. The molecule has 17 heavy (non-hydrogen) atoms. The zero-order chi connectivity index (χ0) is 13.0. The Balaban J connectivity index is 3.35. The molecule has 0 amide bonds. The van der Waals surface area contributed by atoms with Crippen LogP contribution in [-0.4, -0.2) is 26.5 Å². The van der Waals surface area contributed by atoms with Gasteiger partial charge < -0.3 is 10.1 Å². The number of carbonyl (C=O) groups is 1. The van der Waals surface area contributed by atoms with Gasteiger partial charge in [-0.1, -0.05) is 6.07 Å². The molecule has 5 heteroatoms. The van der Waals surface area contributed by atoms with Crippen LogP contribution in [0.1, 0.15) is 27.9 Å². The molecule has 0 atom stereocenters. The van der Waals surface area contributed by atoms with E-state index in [-0.39, 0.29) is 29.2 Å². The van der Waals surface area contributed by atoms with Gasteiger partial charge >= 0.3 is 0 Å². The zero-order valence-electron chi connectivity index (χ0n) is 10.0. The number of aryl methyl sites for hydroxylation is 1. The zero-order valence-corrected chi connectivity index (χ0v) is 10.0. The van der Waals surface area contributed by atoms with Crippen molar-refractivity contribution in [3.8, 4) is 5.75 Å². The van der Waals surface area contributed by atoms with E-state index in [1.807, 2.05) is 0 Å². The molecule has 0 aliphatic heterocycles. The van der Waals surface area contributed by atoms with E-state index in [0.29, 0.717) is 5.56 Å². The standard InChI is InChI=1S/C12H15F2NO2/c1-7-4-5-8(12(13)14)11(17-3)10(7)9(16)6-15-2/h4-5,12,15H,6H2,1-3H3. The Hall–Kier alpha value is -1.49. The average molecular weight is 243 g/mol. The normalized spacial score (nSPS) is 10.7. The van der Waals surface area contributed by atoms with Gasteiger partial charge in [0.05, 0.1) is 24.8 Å². The number of hydrogen-bond acceptors (Lipinski definition) is 3. The first-order valence-corrected chi connectivity index (χ1v) is 5.16. The smallest absolute Gasteiger partial charge is 0.267 e. The summed E-state index contributed by atoms with van der Waals surface area (Å²) in [4.78, 5) is 11.8. The van der Waals surface area contributed by atoms with Crippen LogP contribution in [0.5, 0.6) is 5.75 Å². The minimum Gasteiger partial charge on any atom is -0.495 e. The Morgan fingerprint density at radius 3 is 2.59 bits per heavy atom. The highest BCUT2D eigenvalue weighted by Gasteiger charge is 2.22. The van der Waals surface area contributed by atoms with Gasteiger partial charge in [-0.3, -0.25) is 4.79 Å². The molecular weight excluding hydrogens is 228 g/mol. The highest BCUT2D eigenvalue weighted by atomic mass is 19.3. The van der Waals surface area contributed by atoms with Gasteiger partial charge in [-0.15, -0.1) is 0 Å². The first-order valence-electron chi connectivity index (χ1n) is 5.16. The molecule has 0 aliphatic rings. The summed E-state index contributed by atoms with van der Waals surface area (Å²) in [5.74, 6) is -0.287. The first-order chi connectivity index (χ1) is 8.02. The lowest BCUT2D eigenvalue weighted by atomic mass is 9.99. The van der Waals surface area contributed by atoms with Gasteiger partial charge in [-0.25, -0.2) is 8.78 Å². The summed E-state index contributed by atoms with van der Waals surface area (Å²) in [5, 5.41) is 2.70. The van der Waals surface area contributed by atoms with Crippen molar-refractivity contribution in [2.75, 3.05) is 20.7 Å². The summed E-state index contributed by atoms with van der Waals surface area (Å²) in [7, 11) is 2.91. The van der Waals surface area contributed by atoms with Crippen LogP contribution in [0.15, 0.2) is 12.1 Å². The predicted octanol–water partition coefficient (Wildman–Crippen LogP) is 2.34. The van der Waals surface area contributed by atoms with Crippen LogP contribution in [0.25, 0.3) is 0 Å². The molecule has 1 aromatic rings. The number of ether oxygens (including phenoxy) is 1. The minimum absolute atomic E-state index is 0.0275. The van der Waals surface area contributed by atoms with Crippen LogP contribution in [0.2, 0.25) is 0 Å². The van der Waals surface area contributed by atoms with Crippen LogP contribution in [0.4, 0.5) is 8.78 Å². The number of ketones is 1. The fourth-order valence-electron chi connectivity index (χ4n) is 1.68. The van der Waals surface area contributed by atoms with Gasteiger partial charge in [-0.2, -0.15) is 0 Å². The molecule has 0 saturated carbocycles. The van der Waals surface area contributed by atoms with Crippen molar-refractivity contribution in [1.82, 2.24) is 5.32 Å². The predicted molar refractivity (Wildman–Crippen MR) is 60.9 cm³/mol. The lowest BCUT2D eigenvalue weighted by Crippen LogP contribution is -2.20. The van der Waals surface area contributed by atoms with Crippen molar-refractivity contribution >= 4 is 5.78 Å². The lowest BCUT2D eigenvalue weighted by molar-refractivity contribution is 0.0988. The highest BCUT2D eigenvalue weighted by molar-refractivity contribution is 6.01. The number of methoxy groups -OCH3 is 1. The summed E-state index contributed by atoms with van der Waals surface area (Å²) in [6, 6.07) is 2.79. The molecule has 1 aromatic carbocycles. The van der Waals surface area contributed by atoms with E-state index < -0.39 is 6.43 Å². The van der Waals surface area contributed by atoms with E-state index in [1.165, 1.54) is 19.2 Å². The molecule has 1 rings (SSSR count). The molecule has 0 aliphatic carbocycles. The van der Waals surface area contributed by atoms with Crippen molar-refractivity contribution in [3.05, 3.63) is 28.8 Å². The van der Waals surface area contributed by atoms with Crippen LogP contribution >= 0.6 is 0 Å². The van der Waals surface area contributed by atoms with Crippen LogP contribution in [0.3, 0.4) is 0 Å². The summed E-state index contributed by atoms with van der Waals surface area (Å²) < 4.78 is 30.5. The SMILES string of the molecule is CNCC(=O)c1c(C)ccc(C(F)F)c1OC. The first kappa shape index (κ1) is 13.6. The maximum Gasteiger partial charge on any atom is 0.267 e. The molecule has 0 fully saturated rings. The van der Waals surface area contributed by atoms with E-state index >= 15 is 0 Å². The summed E-state index contributed by atoms with van der Waals surface area (Å²) in [6.07, 6.45) is -2.66. The third-order valence-corrected chi connectivity index (χ3v) is 2.45. The van der Waals surface area contributed by atoms with Crippen molar-refractivity contribution < 1.29 is 18.3 Å². The van der Waals surface area contributed by atoms with Gasteiger partial charge in [0.25, 0.3) is 6.43 Å². The molecule has 0 aromatic heterocycles. The molecule has 0 bridgehead atoms. The van der Waals surface area contributed by atoms with Crippen molar-refractivity contribution in [3.63, 3.8) is 0 Å². The fraction of sp³-hybridized carbons (Fsp3) is 0.417. The Morgan fingerprint density at radius 1 is 1.47 bits per heavy atom. The third kappa shape index (κ3) is 2.79. The topological polar surface area (TPSA) is 38.3 Å². The number of rotatable bonds is 5. The summed E-state index contributed by atoms with van der Waals surface area (Å²) in [6.45, 7) is 1.78. The van der Waals surface area contributed by atoms with Gasteiger partial charge in [0.2, 0.25) is 0 Å². The molecular formula is C12H15F2NO2. The van der Waals surface area contributed by atoms with E-state index in [4.69, 9.17) is 4.74 Å². The number of Topliss-reactive ketones (excluding diaryl/α,β-unsaturated/α-hetero) is 1. The Kier molecular flexibility index (Phi) is 4.57. The van der Waals surface area contributed by atoms with Crippen LogP contribution in [-0.2, 0) is 0 Å². The molecule has 0 heterocycles. The monoisotopic (exact) mass is 243 g/mol. The molecule has 0 saturated heterocycles. The fourth-order valence-corrected chi connectivity index (χ4v) is 1.68. The second kappa shape index (κ2) is 5.72. The third-order valence-electron chi connectivity index (χ3n) is 2.45. The van der Waals surface area contributed by atoms with Crippen LogP contribution < -0.4 is 10.1 Å². The number of nitrogens with one attached hydrogen (secondary N) is 1. The molecule has 0 spiro atoms. The Labute approximate surface area is 98.8 Å². The average Bonchev–Trinajstić information content (AvgIpc) is 2.28. The molecule has 3 nitrogen and oxygen atoms in total. The highest BCUT2D eigenvalue weighted by Crippen LogP contribution is 2.34. The second-order valence-corrected chi connectivity index (χ2v) is 3.63. The van der Waals surface area contributed by atoms with E-state index in [9.17, 15) is 13.6 Å². The van der Waals surface area contributed by atoms with Crippen LogP contribution in [0, 0.1) is 6.92 Å². The number of benzene rings is 1. The van der Waals surface area contributed by atoms with E-state index in [0.717, 1.165) is 0 Å². The molecule has 1 N–H and O–H groups in total. The second-order valence-electron chi connectivity index (χ2n) is 3.63. The molecule has 0 radical (unpaired) electrons. The quantitative estimate of drug-likeness (QED) is 0.807. The number of likely N-dealkylation sites (N-methyl/N-ethyl adjacent to an activating group) is 1. The minimum atomic E-state index is -2.66. The Bertz CT molecular complexity index is 419. The van der Waals surface area contributed by atoms with Gasteiger partial charge in [0, 0.05) is 0 Å². The summed E-state index contributed by atoms with van der Waals surface area (Å²) in [5.41, 5.74) is 0.601. The number of halogens is 2. The van der Waals surface area contributed by atoms with Crippen molar-refractivity contribution in [2.24, 2.45) is 0 Å². The maximum atomic E-state index is 12.8. The summed E-state index contributed by atoms with van der Waals surface area (Å²) >= 11 is 0. The molecule has 94 valence electrons. The number of alkyl halides is 2. The van der Waals surface area contributed by atoms with Crippen molar-refractivity contribution in [1.29, 1.82) is 0 Å². The van der Waals surface area contributed by atoms with Gasteiger partial charge in [0.15, 0.2) is 5.78 Å². The lowest BCUT2D eigenvalue weighted by Gasteiger charge is -2.14. The largest absolute Gasteiger partial charge is 0.495 e. The van der Waals surface area contributed by atoms with Crippen molar-refractivity contribution in [2.45, 2.75) is 13.3 Å². The Morgan fingerprint density at radius 2 is 2.12 bits per heavy atom.